The van der Waals surface area contributed by atoms with Crippen molar-refractivity contribution in [1.82, 2.24) is 4.98 Å². The first kappa shape index (κ1) is 13.1. The van der Waals surface area contributed by atoms with Crippen molar-refractivity contribution in [1.29, 1.82) is 0 Å². The van der Waals surface area contributed by atoms with E-state index in [1.54, 1.807) is 23.5 Å². The number of hydrogen-bond acceptors (Lipinski definition) is 3. The zero-order valence-electron chi connectivity index (χ0n) is 10.0. The molecule has 0 unspecified atom stereocenters. The van der Waals surface area contributed by atoms with Crippen LogP contribution < -0.4 is 5.73 Å². The van der Waals surface area contributed by atoms with E-state index in [0.29, 0.717) is 18.4 Å². The molecule has 0 spiro atoms. The molecule has 0 radical (unpaired) electrons. The Morgan fingerprint density at radius 2 is 1.83 bits per heavy atom. The molecule has 0 saturated carbocycles. The third-order valence-corrected chi connectivity index (χ3v) is 3.60. The molecular weight excluding hydrogens is 254 g/mol. The minimum Gasteiger partial charge on any atom is -0.326 e. The lowest BCUT2D eigenvalue weighted by atomic mass is 10.0. The molecule has 2 N–H and O–H groups in total. The number of thiazole rings is 1. The van der Waals surface area contributed by atoms with E-state index in [2.05, 4.69) is 4.98 Å². The maximum absolute atomic E-state index is 13.7. The number of nitrogens with zero attached hydrogens (tertiary/aromatic N) is 1. The molecule has 0 bridgehead atoms. The van der Waals surface area contributed by atoms with E-state index in [-0.39, 0.29) is 12.1 Å². The molecule has 2 rings (SSSR count). The third kappa shape index (κ3) is 2.73. The van der Waals surface area contributed by atoms with Gasteiger partial charge < -0.3 is 5.73 Å². The average molecular weight is 268 g/mol. The van der Waals surface area contributed by atoms with Crippen LogP contribution in [0, 0.1) is 18.6 Å². The van der Waals surface area contributed by atoms with Crippen LogP contribution in [0.3, 0.4) is 0 Å². The minimum absolute atomic E-state index is 0.00825. The average Bonchev–Trinajstić information content (AvgIpc) is 2.77. The van der Waals surface area contributed by atoms with Crippen LogP contribution in [0.4, 0.5) is 8.78 Å². The first-order valence-electron chi connectivity index (χ1n) is 5.68. The monoisotopic (exact) mass is 268 g/mol. The van der Waals surface area contributed by atoms with Crippen molar-refractivity contribution < 1.29 is 8.78 Å². The molecule has 2 aromatic rings. The zero-order valence-corrected chi connectivity index (χ0v) is 10.9. The summed E-state index contributed by atoms with van der Waals surface area (Å²) in [5.74, 6) is -1.62. The molecule has 2 nitrogen and oxygen atoms in total. The zero-order chi connectivity index (χ0) is 13.1. The van der Waals surface area contributed by atoms with Crippen molar-refractivity contribution in [2.45, 2.75) is 26.3 Å². The largest absolute Gasteiger partial charge is 0.326 e. The van der Waals surface area contributed by atoms with Gasteiger partial charge in [0, 0.05) is 17.5 Å². The number of hydrogen-bond donors (Lipinski definition) is 1. The number of aryl methyl sites for hydroxylation is 3. The highest BCUT2D eigenvalue weighted by Crippen LogP contribution is 2.18. The van der Waals surface area contributed by atoms with Crippen molar-refractivity contribution in [3.05, 3.63) is 51.0 Å². The lowest BCUT2D eigenvalue weighted by Crippen LogP contribution is -2.05. The van der Waals surface area contributed by atoms with Gasteiger partial charge in [-0.1, -0.05) is 12.1 Å². The van der Waals surface area contributed by atoms with Gasteiger partial charge in [0.05, 0.1) is 10.7 Å². The van der Waals surface area contributed by atoms with Crippen molar-refractivity contribution >= 4 is 11.3 Å². The van der Waals surface area contributed by atoms with E-state index >= 15 is 0 Å². The Morgan fingerprint density at radius 1 is 1.17 bits per heavy atom. The normalized spacial score (nSPS) is 10.9. The van der Waals surface area contributed by atoms with Gasteiger partial charge in [-0.15, -0.1) is 11.3 Å². The summed E-state index contributed by atoms with van der Waals surface area (Å²) in [5.41, 5.74) is 6.82. The molecule has 0 atom stereocenters. The van der Waals surface area contributed by atoms with Crippen molar-refractivity contribution in [3.63, 3.8) is 0 Å². The predicted molar refractivity (Wildman–Crippen MR) is 68.5 cm³/mol. The number of aromatic nitrogens is 1. The van der Waals surface area contributed by atoms with E-state index in [9.17, 15) is 8.78 Å². The van der Waals surface area contributed by atoms with Gasteiger partial charge in [-0.2, -0.15) is 0 Å². The van der Waals surface area contributed by atoms with Crippen molar-refractivity contribution in [3.8, 4) is 0 Å². The summed E-state index contributed by atoms with van der Waals surface area (Å²) in [6, 6.07) is 3.14. The second kappa shape index (κ2) is 5.54. The van der Waals surface area contributed by atoms with Gasteiger partial charge in [-0.3, -0.25) is 0 Å². The van der Waals surface area contributed by atoms with Gasteiger partial charge in [0.25, 0.3) is 0 Å². The summed E-state index contributed by atoms with van der Waals surface area (Å²) in [7, 11) is 0. The Kier molecular flexibility index (Phi) is 4.04. The highest BCUT2D eigenvalue weighted by molar-refractivity contribution is 7.09. The summed E-state index contributed by atoms with van der Waals surface area (Å²) >= 11 is 1.56. The van der Waals surface area contributed by atoms with Crippen LogP contribution in [0.15, 0.2) is 17.5 Å². The smallest absolute Gasteiger partial charge is 0.163 e. The van der Waals surface area contributed by atoms with Crippen LogP contribution in [-0.2, 0) is 19.4 Å². The van der Waals surface area contributed by atoms with Crippen LogP contribution in [-0.4, -0.2) is 4.98 Å². The van der Waals surface area contributed by atoms with Gasteiger partial charge in [0.1, 0.15) is 0 Å². The lowest BCUT2D eigenvalue weighted by Gasteiger charge is -2.06. The molecule has 1 aromatic carbocycles. The number of rotatable bonds is 4. The standard InChI is InChI=1S/C13H14F2N2S/c1-8-17-11(7-18-8)5-4-9-2-3-10(6-16)13(15)12(9)14/h2-3,7H,4-6,16H2,1H3. The summed E-state index contributed by atoms with van der Waals surface area (Å²) in [6.07, 6.45) is 1.06. The summed E-state index contributed by atoms with van der Waals surface area (Å²) < 4.78 is 27.2. The molecule has 0 amide bonds. The van der Waals surface area contributed by atoms with Gasteiger partial charge in [0.2, 0.25) is 0 Å². The second-order valence-corrected chi connectivity index (χ2v) is 5.14. The number of benzene rings is 1. The minimum atomic E-state index is -0.829. The van der Waals surface area contributed by atoms with E-state index in [4.69, 9.17) is 5.73 Å². The number of nitrogens with two attached hydrogens (primary N) is 1. The maximum atomic E-state index is 13.7. The summed E-state index contributed by atoms with van der Waals surface area (Å²) in [6.45, 7) is 1.93. The third-order valence-electron chi connectivity index (χ3n) is 2.78. The molecule has 18 heavy (non-hydrogen) atoms. The molecule has 5 heteroatoms. The van der Waals surface area contributed by atoms with E-state index in [1.807, 2.05) is 12.3 Å². The second-order valence-electron chi connectivity index (χ2n) is 4.07. The van der Waals surface area contributed by atoms with Crippen molar-refractivity contribution in [2.24, 2.45) is 5.73 Å². The van der Waals surface area contributed by atoms with Crippen LogP contribution >= 0.6 is 11.3 Å². The van der Waals surface area contributed by atoms with Crippen LogP contribution in [0.5, 0.6) is 0 Å². The van der Waals surface area contributed by atoms with Gasteiger partial charge in [-0.25, -0.2) is 13.8 Å². The van der Waals surface area contributed by atoms with Crippen LogP contribution in [0.1, 0.15) is 21.8 Å². The fourth-order valence-corrected chi connectivity index (χ4v) is 2.41. The molecule has 0 fully saturated rings. The van der Waals surface area contributed by atoms with Gasteiger partial charge in [0.15, 0.2) is 11.6 Å². The topological polar surface area (TPSA) is 38.9 Å². The number of halogens is 2. The first-order valence-corrected chi connectivity index (χ1v) is 6.56. The summed E-state index contributed by atoms with van der Waals surface area (Å²) in [4.78, 5) is 4.29. The Bertz CT molecular complexity index is 552. The maximum Gasteiger partial charge on any atom is 0.163 e. The molecular formula is C13H14F2N2S. The fraction of sp³-hybridized carbons (Fsp3) is 0.308. The van der Waals surface area contributed by atoms with Crippen LogP contribution in [0.2, 0.25) is 0 Å². The first-order chi connectivity index (χ1) is 8.61. The van der Waals surface area contributed by atoms with E-state index in [0.717, 1.165) is 10.7 Å². The molecule has 1 heterocycles. The molecule has 96 valence electrons. The van der Waals surface area contributed by atoms with Gasteiger partial charge >= 0.3 is 0 Å². The van der Waals surface area contributed by atoms with Gasteiger partial charge in [-0.05, 0) is 25.3 Å². The molecule has 0 saturated heterocycles. The van der Waals surface area contributed by atoms with Crippen molar-refractivity contribution in [2.75, 3.05) is 0 Å². The Morgan fingerprint density at radius 3 is 2.44 bits per heavy atom. The van der Waals surface area contributed by atoms with E-state index < -0.39 is 11.6 Å². The highest BCUT2D eigenvalue weighted by Gasteiger charge is 2.12. The SMILES string of the molecule is Cc1nc(CCc2ccc(CN)c(F)c2F)cs1. The molecule has 0 aliphatic carbocycles. The fourth-order valence-electron chi connectivity index (χ4n) is 1.77. The molecule has 0 aliphatic rings. The molecule has 1 aromatic heterocycles. The predicted octanol–water partition coefficient (Wildman–Crippen LogP) is 2.97. The van der Waals surface area contributed by atoms with Crippen LogP contribution in [0.25, 0.3) is 0 Å². The summed E-state index contributed by atoms with van der Waals surface area (Å²) in [5, 5.41) is 2.92. The van der Waals surface area contributed by atoms with E-state index in [1.165, 1.54) is 0 Å². The molecule has 0 aliphatic heterocycles. The highest BCUT2D eigenvalue weighted by atomic mass is 32.1. The Labute approximate surface area is 108 Å². The lowest BCUT2D eigenvalue weighted by molar-refractivity contribution is 0.489. The Balaban J connectivity index is 2.12. The Hall–Kier alpha value is -1.33. The quantitative estimate of drug-likeness (QED) is 0.926.